The molecular weight excluding hydrogens is 254 g/mol. The summed E-state index contributed by atoms with van der Waals surface area (Å²) in [6, 6.07) is 2.16. The highest BCUT2D eigenvalue weighted by Gasteiger charge is 2.11. The summed E-state index contributed by atoms with van der Waals surface area (Å²) in [6.45, 7) is -0.00453. The highest BCUT2D eigenvalue weighted by atomic mass is 16.4. The van der Waals surface area contributed by atoms with Crippen molar-refractivity contribution in [2.24, 2.45) is 0 Å². The van der Waals surface area contributed by atoms with E-state index in [9.17, 15) is 19.2 Å². The van der Waals surface area contributed by atoms with Gasteiger partial charge in [-0.05, 0) is 6.42 Å². The van der Waals surface area contributed by atoms with E-state index in [4.69, 9.17) is 5.11 Å². The topological polar surface area (TPSA) is 112 Å². The fourth-order valence-electron chi connectivity index (χ4n) is 1.43. The van der Waals surface area contributed by atoms with E-state index in [2.05, 4.69) is 5.10 Å². The molecule has 1 heterocycles. The molecule has 8 nitrogen and oxygen atoms in total. The number of rotatable bonds is 6. The van der Waals surface area contributed by atoms with Crippen molar-refractivity contribution >= 4 is 11.9 Å². The second-order valence-corrected chi connectivity index (χ2v) is 4.05. The molecule has 1 amide bonds. The smallest absolute Gasteiger partial charge is 0.303 e. The first kappa shape index (κ1) is 14.7. The molecule has 0 saturated carbocycles. The third-order valence-corrected chi connectivity index (χ3v) is 2.49. The molecule has 0 aliphatic heterocycles. The summed E-state index contributed by atoms with van der Waals surface area (Å²) < 4.78 is 0.915. The molecule has 104 valence electrons. The summed E-state index contributed by atoms with van der Waals surface area (Å²) >= 11 is 0. The summed E-state index contributed by atoms with van der Waals surface area (Å²) in [5, 5.41) is 10.7. The minimum absolute atomic E-state index is 0.0280. The van der Waals surface area contributed by atoms with Crippen LogP contribution in [0.5, 0.6) is 0 Å². The van der Waals surface area contributed by atoms with E-state index in [1.807, 2.05) is 0 Å². The van der Waals surface area contributed by atoms with E-state index in [1.165, 1.54) is 11.9 Å². The van der Waals surface area contributed by atoms with Gasteiger partial charge in [-0.2, -0.15) is 0 Å². The predicted octanol–water partition coefficient (Wildman–Crippen LogP) is -1.14. The molecule has 1 aromatic heterocycles. The number of H-pyrrole nitrogens is 1. The Hall–Kier alpha value is -2.38. The number of carboxylic acid groups (broad SMARTS) is 1. The Morgan fingerprint density at radius 2 is 2.05 bits per heavy atom. The standard InChI is InChI=1S/C11H15N3O5/c1-13(6-2-3-11(18)19)10(17)7-14-9(16)5-4-8(15)12-14/h4-5H,2-3,6-7H2,1H3,(H,12,15)(H,18,19). The zero-order valence-corrected chi connectivity index (χ0v) is 10.5. The molecule has 0 saturated heterocycles. The van der Waals surface area contributed by atoms with Crippen molar-refractivity contribution < 1.29 is 14.7 Å². The van der Waals surface area contributed by atoms with Crippen LogP contribution in [0.2, 0.25) is 0 Å². The fourth-order valence-corrected chi connectivity index (χ4v) is 1.43. The Bertz CT molecular complexity index is 574. The van der Waals surface area contributed by atoms with Crippen molar-refractivity contribution in [3.8, 4) is 0 Å². The highest BCUT2D eigenvalue weighted by molar-refractivity contribution is 5.75. The van der Waals surface area contributed by atoms with Crippen LogP contribution in [0.1, 0.15) is 12.8 Å². The molecule has 0 atom stereocenters. The average Bonchev–Trinajstić information content (AvgIpc) is 2.33. The Labute approximate surface area is 108 Å². The Kier molecular flexibility index (Phi) is 5.04. The lowest BCUT2D eigenvalue weighted by atomic mass is 10.3. The van der Waals surface area contributed by atoms with Crippen LogP contribution in [0.15, 0.2) is 21.7 Å². The third kappa shape index (κ3) is 4.78. The Balaban J connectivity index is 2.59. The van der Waals surface area contributed by atoms with Gasteiger partial charge in [0.15, 0.2) is 0 Å². The molecule has 0 spiro atoms. The number of aromatic nitrogens is 2. The van der Waals surface area contributed by atoms with Gasteiger partial charge in [0.25, 0.3) is 11.1 Å². The molecule has 0 aliphatic rings. The first-order valence-corrected chi connectivity index (χ1v) is 5.66. The largest absolute Gasteiger partial charge is 0.481 e. The van der Waals surface area contributed by atoms with Crippen molar-refractivity contribution in [1.29, 1.82) is 0 Å². The van der Waals surface area contributed by atoms with Crippen LogP contribution < -0.4 is 11.1 Å². The second kappa shape index (κ2) is 6.53. The van der Waals surface area contributed by atoms with Crippen molar-refractivity contribution in [3.63, 3.8) is 0 Å². The van der Waals surface area contributed by atoms with Gasteiger partial charge >= 0.3 is 5.97 Å². The van der Waals surface area contributed by atoms with Crippen LogP contribution in [-0.4, -0.2) is 45.3 Å². The fraction of sp³-hybridized carbons (Fsp3) is 0.455. The third-order valence-electron chi connectivity index (χ3n) is 2.49. The monoisotopic (exact) mass is 269 g/mol. The number of aliphatic carboxylic acids is 1. The number of carboxylic acids is 1. The number of hydrogen-bond acceptors (Lipinski definition) is 4. The first-order chi connectivity index (χ1) is 8.90. The molecule has 0 fully saturated rings. The normalized spacial score (nSPS) is 10.2. The van der Waals surface area contributed by atoms with E-state index in [-0.39, 0.29) is 25.4 Å². The minimum Gasteiger partial charge on any atom is -0.481 e. The highest BCUT2D eigenvalue weighted by Crippen LogP contribution is 1.94. The number of nitrogens with one attached hydrogen (secondary N) is 1. The molecular formula is C11H15N3O5. The molecule has 8 heteroatoms. The number of carbonyl (C=O) groups is 2. The SMILES string of the molecule is CN(CCCC(=O)O)C(=O)Cn1[nH]c(=O)ccc1=O. The molecule has 0 aliphatic carbocycles. The van der Waals surface area contributed by atoms with E-state index in [1.54, 1.807) is 0 Å². The van der Waals surface area contributed by atoms with Gasteiger partial charge in [-0.15, -0.1) is 0 Å². The molecule has 19 heavy (non-hydrogen) atoms. The molecule has 0 aromatic carbocycles. The van der Waals surface area contributed by atoms with Crippen molar-refractivity contribution in [3.05, 3.63) is 32.8 Å². The summed E-state index contributed by atoms with van der Waals surface area (Å²) in [5.41, 5.74) is -0.951. The van der Waals surface area contributed by atoms with Crippen molar-refractivity contribution in [2.45, 2.75) is 19.4 Å². The number of carbonyl (C=O) groups excluding carboxylic acids is 1. The molecule has 2 N–H and O–H groups in total. The van der Waals surface area contributed by atoms with Gasteiger partial charge in [0.05, 0.1) is 0 Å². The van der Waals surface area contributed by atoms with Gasteiger partial charge in [0.1, 0.15) is 6.54 Å². The maximum atomic E-state index is 11.7. The lowest BCUT2D eigenvalue weighted by Crippen LogP contribution is -2.37. The maximum Gasteiger partial charge on any atom is 0.303 e. The molecule has 1 rings (SSSR count). The van der Waals surface area contributed by atoms with E-state index in [0.717, 1.165) is 16.8 Å². The molecule has 0 unspecified atom stereocenters. The Morgan fingerprint density at radius 1 is 1.37 bits per heavy atom. The van der Waals surface area contributed by atoms with Gasteiger partial charge < -0.3 is 10.0 Å². The van der Waals surface area contributed by atoms with Crippen molar-refractivity contribution in [1.82, 2.24) is 14.7 Å². The lowest BCUT2D eigenvalue weighted by Gasteiger charge is -2.16. The summed E-state index contributed by atoms with van der Waals surface area (Å²) in [7, 11) is 1.51. The van der Waals surface area contributed by atoms with Gasteiger partial charge in [-0.3, -0.25) is 24.3 Å². The summed E-state index contributed by atoms with van der Waals surface area (Å²) in [4.78, 5) is 45.8. The quantitative estimate of drug-likeness (QED) is 0.677. The number of nitrogens with zero attached hydrogens (tertiary/aromatic N) is 2. The average molecular weight is 269 g/mol. The van der Waals surface area contributed by atoms with E-state index >= 15 is 0 Å². The van der Waals surface area contributed by atoms with Crippen LogP contribution >= 0.6 is 0 Å². The van der Waals surface area contributed by atoms with Gasteiger partial charge in [-0.25, -0.2) is 4.68 Å². The van der Waals surface area contributed by atoms with Crippen LogP contribution in [0.3, 0.4) is 0 Å². The van der Waals surface area contributed by atoms with Crippen LogP contribution in [0, 0.1) is 0 Å². The minimum atomic E-state index is -0.926. The molecule has 0 bridgehead atoms. The Morgan fingerprint density at radius 3 is 2.68 bits per heavy atom. The predicted molar refractivity (Wildman–Crippen MR) is 65.8 cm³/mol. The maximum absolute atomic E-state index is 11.7. The number of likely N-dealkylation sites (N-methyl/N-ethyl adjacent to an activating group) is 1. The van der Waals surface area contributed by atoms with E-state index < -0.39 is 17.1 Å². The van der Waals surface area contributed by atoms with Crippen molar-refractivity contribution in [2.75, 3.05) is 13.6 Å². The van der Waals surface area contributed by atoms with Crippen LogP contribution in [0.4, 0.5) is 0 Å². The lowest BCUT2D eigenvalue weighted by molar-refractivity contribution is -0.138. The van der Waals surface area contributed by atoms with Gasteiger partial charge in [-0.1, -0.05) is 0 Å². The summed E-state index contributed by atoms with van der Waals surface area (Å²) in [6.07, 6.45) is 0.303. The first-order valence-electron chi connectivity index (χ1n) is 5.66. The zero-order valence-electron chi connectivity index (χ0n) is 10.5. The zero-order chi connectivity index (χ0) is 14.4. The second-order valence-electron chi connectivity index (χ2n) is 4.05. The summed E-state index contributed by atoms with van der Waals surface area (Å²) in [5.74, 6) is -1.31. The molecule has 1 aromatic rings. The van der Waals surface area contributed by atoms with E-state index in [0.29, 0.717) is 6.42 Å². The van der Waals surface area contributed by atoms with Gasteiger partial charge in [0.2, 0.25) is 5.91 Å². The van der Waals surface area contributed by atoms with Crippen LogP contribution in [-0.2, 0) is 16.1 Å². The van der Waals surface area contributed by atoms with Crippen LogP contribution in [0.25, 0.3) is 0 Å². The number of hydrogen-bond donors (Lipinski definition) is 2. The van der Waals surface area contributed by atoms with Gasteiger partial charge in [0, 0.05) is 32.1 Å². The number of aromatic amines is 1. The number of amides is 1. The molecule has 0 radical (unpaired) electrons.